The fourth-order valence-corrected chi connectivity index (χ4v) is 2.13. The van der Waals surface area contributed by atoms with E-state index in [-0.39, 0.29) is 10.6 Å². The zero-order chi connectivity index (χ0) is 15.2. The average molecular weight is 305 g/mol. The molecule has 2 rings (SSSR count). The van der Waals surface area contributed by atoms with Gasteiger partial charge in [0.25, 0.3) is 0 Å². The van der Waals surface area contributed by atoms with Crippen LogP contribution in [0.2, 0.25) is 0 Å². The van der Waals surface area contributed by atoms with Crippen LogP contribution in [0.5, 0.6) is 11.5 Å². The first-order chi connectivity index (χ1) is 10.1. The number of benzene rings is 2. The molecule has 0 aliphatic heterocycles. The summed E-state index contributed by atoms with van der Waals surface area (Å²) in [5.74, 6) is 0.709. The first-order valence-electron chi connectivity index (χ1n) is 6.46. The van der Waals surface area contributed by atoms with E-state index in [0.29, 0.717) is 18.8 Å². The topological polar surface area (TPSA) is 44.5 Å². The summed E-state index contributed by atoms with van der Waals surface area (Å²) in [6, 6.07) is 12.2. The third kappa shape index (κ3) is 3.92. The summed E-state index contributed by atoms with van der Waals surface area (Å²) in [4.78, 5) is -0.00690. The van der Waals surface area contributed by atoms with Crippen LogP contribution in [0, 0.1) is 5.82 Å². The van der Waals surface area contributed by atoms with Crippen molar-refractivity contribution in [2.75, 3.05) is 13.7 Å². The van der Waals surface area contributed by atoms with Gasteiger partial charge >= 0.3 is 0 Å². The molecule has 0 heterocycles. The Kier molecular flexibility index (Phi) is 5.11. The molecule has 0 aromatic heterocycles. The van der Waals surface area contributed by atoms with Crippen LogP contribution in [0.4, 0.5) is 4.39 Å². The van der Waals surface area contributed by atoms with Crippen molar-refractivity contribution >= 4 is 17.2 Å². The number of methoxy groups -OCH3 is 1. The lowest BCUT2D eigenvalue weighted by molar-refractivity contribution is 0.319. The van der Waals surface area contributed by atoms with Gasteiger partial charge in [0.15, 0.2) is 0 Å². The standard InChI is InChI=1S/C16H16FNO2S/c1-19-12-7-5-11(6-8-12)9-10-20-14-4-2-3-13(17)15(14)16(18)21/h2-8H,9-10H2,1H3,(H2,18,21). The Morgan fingerprint density at radius 1 is 1.19 bits per heavy atom. The molecule has 0 spiro atoms. The second-order valence-corrected chi connectivity index (χ2v) is 4.86. The highest BCUT2D eigenvalue weighted by Crippen LogP contribution is 2.21. The van der Waals surface area contributed by atoms with E-state index in [1.165, 1.54) is 6.07 Å². The predicted octanol–water partition coefficient (Wildman–Crippen LogP) is 3.09. The van der Waals surface area contributed by atoms with E-state index in [0.717, 1.165) is 11.3 Å². The molecule has 2 N–H and O–H groups in total. The number of halogens is 1. The molecule has 0 radical (unpaired) electrons. The summed E-state index contributed by atoms with van der Waals surface area (Å²) in [6.07, 6.45) is 0.692. The van der Waals surface area contributed by atoms with E-state index in [4.69, 9.17) is 27.4 Å². The predicted molar refractivity (Wildman–Crippen MR) is 84.5 cm³/mol. The van der Waals surface area contributed by atoms with E-state index >= 15 is 0 Å². The SMILES string of the molecule is COc1ccc(CCOc2cccc(F)c2C(N)=S)cc1. The van der Waals surface area contributed by atoms with E-state index in [2.05, 4.69) is 0 Å². The van der Waals surface area contributed by atoms with Gasteiger partial charge in [0.1, 0.15) is 22.3 Å². The molecule has 0 saturated carbocycles. The Hall–Kier alpha value is -2.14. The van der Waals surface area contributed by atoms with Gasteiger partial charge in [0.2, 0.25) is 0 Å². The molecule has 0 saturated heterocycles. The summed E-state index contributed by atoms with van der Waals surface area (Å²) in [5, 5.41) is 0. The lowest BCUT2D eigenvalue weighted by Crippen LogP contribution is -2.14. The number of hydrogen-bond acceptors (Lipinski definition) is 3. The number of rotatable bonds is 6. The molecule has 0 aliphatic rings. The van der Waals surface area contributed by atoms with Gasteiger partial charge in [-0.1, -0.05) is 30.4 Å². The minimum Gasteiger partial charge on any atom is -0.497 e. The van der Waals surface area contributed by atoms with Crippen molar-refractivity contribution in [3.63, 3.8) is 0 Å². The van der Waals surface area contributed by atoms with Gasteiger partial charge < -0.3 is 15.2 Å². The fraction of sp³-hybridized carbons (Fsp3) is 0.188. The fourth-order valence-electron chi connectivity index (χ4n) is 1.93. The van der Waals surface area contributed by atoms with Gasteiger partial charge in [0.05, 0.1) is 19.3 Å². The van der Waals surface area contributed by atoms with Crippen LogP contribution in [0.15, 0.2) is 42.5 Å². The van der Waals surface area contributed by atoms with Gasteiger partial charge in [-0.3, -0.25) is 0 Å². The van der Waals surface area contributed by atoms with Crippen molar-refractivity contribution in [1.29, 1.82) is 0 Å². The third-order valence-electron chi connectivity index (χ3n) is 3.03. The first kappa shape index (κ1) is 15.3. The zero-order valence-corrected chi connectivity index (χ0v) is 12.5. The Labute approximate surface area is 128 Å². The lowest BCUT2D eigenvalue weighted by atomic mass is 10.1. The molecule has 0 bridgehead atoms. The molecule has 0 amide bonds. The molecule has 5 heteroatoms. The second-order valence-electron chi connectivity index (χ2n) is 4.42. The maximum Gasteiger partial charge on any atom is 0.137 e. The highest BCUT2D eigenvalue weighted by Gasteiger charge is 2.12. The summed E-state index contributed by atoms with van der Waals surface area (Å²) in [6.45, 7) is 0.408. The smallest absolute Gasteiger partial charge is 0.137 e. The first-order valence-corrected chi connectivity index (χ1v) is 6.86. The van der Waals surface area contributed by atoms with Crippen LogP contribution in [-0.4, -0.2) is 18.7 Å². The Balaban J connectivity index is 2.00. The normalized spacial score (nSPS) is 10.2. The summed E-state index contributed by atoms with van der Waals surface area (Å²) >= 11 is 4.85. The zero-order valence-electron chi connectivity index (χ0n) is 11.6. The molecule has 2 aromatic carbocycles. The largest absolute Gasteiger partial charge is 0.497 e. The molecule has 2 aromatic rings. The molecule has 0 unspecified atom stereocenters. The number of hydrogen-bond donors (Lipinski definition) is 1. The third-order valence-corrected chi connectivity index (χ3v) is 3.23. The van der Waals surface area contributed by atoms with Crippen LogP contribution in [0.1, 0.15) is 11.1 Å². The van der Waals surface area contributed by atoms with Gasteiger partial charge in [-0.2, -0.15) is 0 Å². The van der Waals surface area contributed by atoms with E-state index in [9.17, 15) is 4.39 Å². The van der Waals surface area contributed by atoms with Crippen LogP contribution in [0.25, 0.3) is 0 Å². The molecule has 110 valence electrons. The van der Waals surface area contributed by atoms with Crippen molar-refractivity contribution in [2.45, 2.75) is 6.42 Å². The summed E-state index contributed by atoms with van der Waals surface area (Å²) in [7, 11) is 1.62. The second kappa shape index (κ2) is 7.04. The molecule has 3 nitrogen and oxygen atoms in total. The van der Waals surface area contributed by atoms with Crippen LogP contribution in [-0.2, 0) is 6.42 Å². The Bertz CT molecular complexity index is 629. The van der Waals surface area contributed by atoms with Crippen molar-refractivity contribution in [1.82, 2.24) is 0 Å². The van der Waals surface area contributed by atoms with Crippen molar-refractivity contribution < 1.29 is 13.9 Å². The van der Waals surface area contributed by atoms with Crippen LogP contribution in [0.3, 0.4) is 0 Å². The van der Waals surface area contributed by atoms with Crippen molar-refractivity contribution in [3.05, 3.63) is 59.4 Å². The lowest BCUT2D eigenvalue weighted by Gasteiger charge is -2.11. The Morgan fingerprint density at radius 3 is 2.52 bits per heavy atom. The van der Waals surface area contributed by atoms with Crippen LogP contribution < -0.4 is 15.2 Å². The molecular weight excluding hydrogens is 289 g/mol. The summed E-state index contributed by atoms with van der Waals surface area (Å²) in [5.41, 5.74) is 6.78. The van der Waals surface area contributed by atoms with E-state index < -0.39 is 5.82 Å². The molecule has 0 fully saturated rings. The highest BCUT2D eigenvalue weighted by molar-refractivity contribution is 7.80. The maximum absolute atomic E-state index is 13.7. The van der Waals surface area contributed by atoms with Crippen LogP contribution >= 0.6 is 12.2 Å². The van der Waals surface area contributed by atoms with Gasteiger partial charge in [0, 0.05) is 6.42 Å². The maximum atomic E-state index is 13.7. The van der Waals surface area contributed by atoms with E-state index in [1.807, 2.05) is 24.3 Å². The quantitative estimate of drug-likeness (QED) is 0.833. The van der Waals surface area contributed by atoms with Gasteiger partial charge in [-0.15, -0.1) is 0 Å². The highest BCUT2D eigenvalue weighted by atomic mass is 32.1. The monoisotopic (exact) mass is 305 g/mol. The molecular formula is C16H16FNO2S. The minimum absolute atomic E-state index is 0.00690. The Morgan fingerprint density at radius 2 is 1.90 bits per heavy atom. The summed E-state index contributed by atoms with van der Waals surface area (Å²) < 4.78 is 24.4. The number of nitrogens with two attached hydrogens (primary N) is 1. The average Bonchev–Trinajstić information content (AvgIpc) is 2.47. The molecule has 0 atom stereocenters. The minimum atomic E-state index is -0.468. The van der Waals surface area contributed by atoms with Gasteiger partial charge in [-0.25, -0.2) is 4.39 Å². The number of thiocarbonyl (C=S) groups is 1. The molecule has 21 heavy (non-hydrogen) atoms. The van der Waals surface area contributed by atoms with Gasteiger partial charge in [-0.05, 0) is 29.8 Å². The van der Waals surface area contributed by atoms with Crippen molar-refractivity contribution in [3.8, 4) is 11.5 Å². The molecule has 0 aliphatic carbocycles. The number of ether oxygens (including phenoxy) is 2. The van der Waals surface area contributed by atoms with E-state index in [1.54, 1.807) is 19.2 Å². The van der Waals surface area contributed by atoms with Crippen molar-refractivity contribution in [2.24, 2.45) is 5.73 Å².